The van der Waals surface area contributed by atoms with E-state index in [9.17, 15) is 4.79 Å². The Morgan fingerprint density at radius 1 is 1.44 bits per heavy atom. The smallest absolute Gasteiger partial charge is 0.319 e. The lowest BCUT2D eigenvalue weighted by Crippen LogP contribution is -2.35. The zero-order chi connectivity index (χ0) is 17.8. The molecular formula is C18H23ClN4O2. The van der Waals surface area contributed by atoms with Crippen molar-refractivity contribution in [3.63, 3.8) is 0 Å². The first-order valence-electron chi connectivity index (χ1n) is 8.55. The Morgan fingerprint density at radius 2 is 2.24 bits per heavy atom. The number of hydrogen-bond acceptors (Lipinski definition) is 3. The third-order valence-corrected chi connectivity index (χ3v) is 4.52. The molecular weight excluding hydrogens is 340 g/mol. The van der Waals surface area contributed by atoms with Gasteiger partial charge in [-0.05, 0) is 30.9 Å². The fraction of sp³-hybridized carbons (Fsp3) is 0.444. The molecule has 25 heavy (non-hydrogen) atoms. The minimum absolute atomic E-state index is 0.112. The number of ether oxygens (including phenoxy) is 1. The molecule has 0 spiro atoms. The number of nitrogens with one attached hydrogen (secondary N) is 2. The van der Waals surface area contributed by atoms with Crippen molar-refractivity contribution in [1.29, 1.82) is 0 Å². The summed E-state index contributed by atoms with van der Waals surface area (Å²) in [5.74, 6) is 0.159. The van der Waals surface area contributed by atoms with Gasteiger partial charge in [-0.25, -0.2) is 9.48 Å². The SMILES string of the molecule is CC(C)c1c(NC(=O)NC[C@@H]2CCCO2)cnn1-c1ccccc1Cl. The second-order valence-corrected chi connectivity index (χ2v) is 6.84. The van der Waals surface area contributed by atoms with Gasteiger partial charge in [0.25, 0.3) is 0 Å². The first kappa shape index (κ1) is 17.8. The third kappa shape index (κ3) is 4.14. The molecule has 0 radical (unpaired) electrons. The molecule has 2 amide bonds. The maximum atomic E-state index is 12.2. The molecule has 1 aromatic carbocycles. The average Bonchev–Trinajstić information content (AvgIpc) is 3.23. The molecule has 2 N–H and O–H groups in total. The summed E-state index contributed by atoms with van der Waals surface area (Å²) >= 11 is 6.30. The van der Waals surface area contributed by atoms with Gasteiger partial charge in [-0.2, -0.15) is 5.10 Å². The van der Waals surface area contributed by atoms with Crippen LogP contribution in [0.3, 0.4) is 0 Å². The molecule has 0 unspecified atom stereocenters. The third-order valence-electron chi connectivity index (χ3n) is 4.20. The molecule has 2 aromatic rings. The highest BCUT2D eigenvalue weighted by molar-refractivity contribution is 6.32. The van der Waals surface area contributed by atoms with E-state index in [1.165, 1.54) is 0 Å². The summed E-state index contributed by atoms with van der Waals surface area (Å²) in [5.41, 5.74) is 2.38. The molecule has 7 heteroatoms. The monoisotopic (exact) mass is 362 g/mol. The predicted molar refractivity (Wildman–Crippen MR) is 98.7 cm³/mol. The Balaban J connectivity index is 1.75. The number of nitrogens with zero attached hydrogens (tertiary/aromatic N) is 2. The van der Waals surface area contributed by atoms with E-state index < -0.39 is 0 Å². The zero-order valence-corrected chi connectivity index (χ0v) is 15.2. The molecule has 0 bridgehead atoms. The van der Waals surface area contributed by atoms with E-state index in [-0.39, 0.29) is 18.1 Å². The van der Waals surface area contributed by atoms with Crippen molar-refractivity contribution >= 4 is 23.3 Å². The van der Waals surface area contributed by atoms with Gasteiger partial charge in [-0.1, -0.05) is 37.6 Å². The minimum Gasteiger partial charge on any atom is -0.376 e. The molecule has 2 heterocycles. The summed E-state index contributed by atoms with van der Waals surface area (Å²) in [6.07, 6.45) is 3.81. The van der Waals surface area contributed by atoms with Crippen LogP contribution in [0.4, 0.5) is 10.5 Å². The number of carbonyl (C=O) groups is 1. The van der Waals surface area contributed by atoms with Crippen LogP contribution in [0.15, 0.2) is 30.5 Å². The van der Waals surface area contributed by atoms with Gasteiger partial charge < -0.3 is 15.4 Å². The number of halogens is 1. The standard InChI is InChI=1S/C18H23ClN4O2/c1-12(2)17-15(22-18(24)20-10-13-6-5-9-25-13)11-21-23(17)16-8-4-3-7-14(16)19/h3-4,7-8,11-13H,5-6,9-10H2,1-2H3,(H2,20,22,24)/t13-/m0/s1. The average molecular weight is 363 g/mol. The second kappa shape index (κ2) is 7.89. The summed E-state index contributed by atoms with van der Waals surface area (Å²) < 4.78 is 7.30. The summed E-state index contributed by atoms with van der Waals surface area (Å²) in [4.78, 5) is 12.2. The number of rotatable bonds is 5. The first-order chi connectivity index (χ1) is 12.1. The number of carbonyl (C=O) groups excluding carboxylic acids is 1. The zero-order valence-electron chi connectivity index (χ0n) is 14.5. The number of amides is 2. The topological polar surface area (TPSA) is 68.2 Å². The van der Waals surface area contributed by atoms with Crippen molar-refractivity contribution in [3.05, 3.63) is 41.2 Å². The molecule has 1 aliphatic rings. The first-order valence-corrected chi connectivity index (χ1v) is 8.93. The van der Waals surface area contributed by atoms with Gasteiger partial charge in [0.15, 0.2) is 0 Å². The van der Waals surface area contributed by atoms with Gasteiger partial charge >= 0.3 is 6.03 Å². The molecule has 0 aliphatic carbocycles. The molecule has 0 saturated carbocycles. The van der Waals surface area contributed by atoms with Crippen LogP contribution in [0.2, 0.25) is 5.02 Å². The van der Waals surface area contributed by atoms with E-state index >= 15 is 0 Å². The lowest BCUT2D eigenvalue weighted by Gasteiger charge is -2.15. The Hall–Kier alpha value is -2.05. The molecule has 1 aliphatic heterocycles. The predicted octanol–water partition coefficient (Wildman–Crippen LogP) is 3.95. The Kier molecular flexibility index (Phi) is 5.60. The highest BCUT2D eigenvalue weighted by Crippen LogP contribution is 2.29. The van der Waals surface area contributed by atoms with Crippen LogP contribution in [-0.4, -0.2) is 35.1 Å². The maximum Gasteiger partial charge on any atom is 0.319 e. The van der Waals surface area contributed by atoms with E-state index in [0.717, 1.165) is 30.8 Å². The van der Waals surface area contributed by atoms with Crippen LogP contribution >= 0.6 is 11.6 Å². The fourth-order valence-electron chi connectivity index (χ4n) is 3.00. The second-order valence-electron chi connectivity index (χ2n) is 6.43. The van der Waals surface area contributed by atoms with Crippen molar-refractivity contribution in [2.45, 2.75) is 38.7 Å². The van der Waals surface area contributed by atoms with Gasteiger partial charge in [-0.15, -0.1) is 0 Å². The quantitative estimate of drug-likeness (QED) is 0.846. The normalized spacial score (nSPS) is 17.0. The lowest BCUT2D eigenvalue weighted by molar-refractivity contribution is 0.112. The van der Waals surface area contributed by atoms with E-state index in [1.54, 1.807) is 10.9 Å². The number of aromatic nitrogens is 2. The Morgan fingerprint density at radius 3 is 2.92 bits per heavy atom. The Bertz CT molecular complexity index is 738. The molecule has 1 aromatic heterocycles. The van der Waals surface area contributed by atoms with E-state index in [1.807, 2.05) is 24.3 Å². The van der Waals surface area contributed by atoms with Gasteiger partial charge in [0.1, 0.15) is 0 Å². The van der Waals surface area contributed by atoms with E-state index in [2.05, 4.69) is 29.6 Å². The lowest BCUT2D eigenvalue weighted by atomic mass is 10.1. The number of hydrogen-bond donors (Lipinski definition) is 2. The van der Waals surface area contributed by atoms with Gasteiger partial charge in [0.05, 0.1) is 34.4 Å². The minimum atomic E-state index is -0.254. The Labute approximate surface area is 152 Å². The van der Waals surface area contributed by atoms with Crippen LogP contribution < -0.4 is 10.6 Å². The number of benzene rings is 1. The van der Waals surface area contributed by atoms with Crippen molar-refractivity contribution in [2.75, 3.05) is 18.5 Å². The van der Waals surface area contributed by atoms with Crippen LogP contribution in [0.5, 0.6) is 0 Å². The van der Waals surface area contributed by atoms with Gasteiger partial charge in [0, 0.05) is 13.2 Å². The number of anilines is 1. The molecule has 1 atom stereocenters. The molecule has 1 saturated heterocycles. The highest BCUT2D eigenvalue weighted by atomic mass is 35.5. The van der Waals surface area contributed by atoms with Crippen molar-refractivity contribution in [1.82, 2.24) is 15.1 Å². The van der Waals surface area contributed by atoms with Crippen molar-refractivity contribution < 1.29 is 9.53 Å². The van der Waals surface area contributed by atoms with Crippen LogP contribution in [0.25, 0.3) is 5.69 Å². The molecule has 1 fully saturated rings. The van der Waals surface area contributed by atoms with Crippen LogP contribution in [0.1, 0.15) is 38.3 Å². The maximum absolute atomic E-state index is 12.2. The fourth-order valence-corrected chi connectivity index (χ4v) is 3.22. The summed E-state index contributed by atoms with van der Waals surface area (Å²) in [7, 11) is 0. The molecule has 134 valence electrons. The van der Waals surface area contributed by atoms with Crippen molar-refractivity contribution in [2.24, 2.45) is 0 Å². The highest BCUT2D eigenvalue weighted by Gasteiger charge is 2.20. The number of para-hydroxylation sites is 1. The number of urea groups is 1. The van der Waals surface area contributed by atoms with Crippen LogP contribution in [0, 0.1) is 0 Å². The van der Waals surface area contributed by atoms with E-state index in [4.69, 9.17) is 16.3 Å². The van der Waals surface area contributed by atoms with E-state index in [0.29, 0.717) is 17.3 Å². The van der Waals surface area contributed by atoms with Gasteiger partial charge in [-0.3, -0.25) is 0 Å². The molecule has 6 nitrogen and oxygen atoms in total. The summed E-state index contributed by atoms with van der Waals surface area (Å²) in [6.45, 7) is 5.40. The summed E-state index contributed by atoms with van der Waals surface area (Å²) in [6, 6.07) is 7.26. The molecule has 3 rings (SSSR count). The van der Waals surface area contributed by atoms with Crippen LogP contribution in [-0.2, 0) is 4.74 Å². The largest absolute Gasteiger partial charge is 0.376 e. The summed E-state index contributed by atoms with van der Waals surface area (Å²) in [5, 5.41) is 10.8. The van der Waals surface area contributed by atoms with Crippen molar-refractivity contribution in [3.8, 4) is 5.69 Å². The van der Waals surface area contributed by atoms with Gasteiger partial charge in [0.2, 0.25) is 0 Å².